The smallest absolute Gasteiger partial charge is 0.293 e. The number of nitro groups is 1. The van der Waals surface area contributed by atoms with E-state index in [1.165, 1.54) is 11.8 Å². The van der Waals surface area contributed by atoms with E-state index >= 15 is 0 Å². The molecule has 8 heteroatoms. The molecule has 0 unspecified atom stereocenters. The number of carbonyl (C=O) groups is 1. The monoisotopic (exact) mass is 411 g/mol. The van der Waals surface area contributed by atoms with Gasteiger partial charge in [-0.15, -0.1) is 0 Å². The van der Waals surface area contributed by atoms with Crippen LogP contribution in [-0.4, -0.2) is 69.1 Å². The predicted octanol–water partition coefficient (Wildman–Crippen LogP) is 2.60. The number of nitrogens with zero attached hydrogens (tertiary/aromatic N) is 4. The minimum Gasteiger partial charge on any atom is -0.372 e. The number of anilines is 2. The van der Waals surface area contributed by atoms with Crippen molar-refractivity contribution < 1.29 is 9.72 Å². The first-order valence-corrected chi connectivity index (χ1v) is 10.2. The average Bonchev–Trinajstić information content (AvgIpc) is 2.77. The fourth-order valence-corrected chi connectivity index (χ4v) is 3.66. The Kier molecular flexibility index (Phi) is 7.24. The Bertz CT molecular complexity index is 864. The van der Waals surface area contributed by atoms with Gasteiger partial charge in [0.05, 0.1) is 4.92 Å². The van der Waals surface area contributed by atoms with E-state index in [9.17, 15) is 14.9 Å². The van der Waals surface area contributed by atoms with Gasteiger partial charge in [-0.05, 0) is 37.2 Å². The molecule has 1 aliphatic rings. The van der Waals surface area contributed by atoms with E-state index in [-0.39, 0.29) is 11.6 Å². The summed E-state index contributed by atoms with van der Waals surface area (Å²) in [6.07, 6.45) is 0.842. The summed E-state index contributed by atoms with van der Waals surface area (Å²) in [5.41, 5.74) is 1.98. The van der Waals surface area contributed by atoms with Crippen LogP contribution in [-0.2, 0) is 0 Å². The highest BCUT2D eigenvalue weighted by molar-refractivity contribution is 5.95. The number of piperazine rings is 1. The zero-order valence-electron chi connectivity index (χ0n) is 17.6. The maximum absolute atomic E-state index is 12.4. The lowest BCUT2D eigenvalue weighted by atomic mass is 10.1. The van der Waals surface area contributed by atoms with Crippen LogP contribution in [0.2, 0.25) is 0 Å². The molecule has 30 heavy (non-hydrogen) atoms. The van der Waals surface area contributed by atoms with Crippen LogP contribution in [0.5, 0.6) is 0 Å². The molecule has 0 radical (unpaired) electrons. The molecule has 1 aliphatic heterocycles. The van der Waals surface area contributed by atoms with Crippen LogP contribution in [0.15, 0.2) is 48.5 Å². The van der Waals surface area contributed by atoms with Crippen LogP contribution in [0.4, 0.5) is 17.1 Å². The van der Waals surface area contributed by atoms with Crippen LogP contribution in [0.1, 0.15) is 16.8 Å². The number of para-hydroxylation sites is 1. The van der Waals surface area contributed by atoms with Gasteiger partial charge < -0.3 is 15.1 Å². The molecule has 3 rings (SSSR count). The molecule has 0 saturated carbocycles. The SMILES string of the molecule is CN(C)c1ccc(C(=O)NCCCN2CCN(c3ccccc3)CC2)cc1[N+](=O)[O-]. The molecule has 0 aromatic heterocycles. The number of nitro benzene ring substituents is 1. The van der Waals surface area contributed by atoms with E-state index in [1.54, 1.807) is 31.1 Å². The standard InChI is InChI=1S/C22H29N5O3/c1-24(2)20-10-9-18(17-21(20)27(29)30)22(28)23-11-6-12-25-13-15-26(16-14-25)19-7-4-3-5-8-19/h3-5,7-10,17H,6,11-16H2,1-2H3,(H,23,28). The first-order chi connectivity index (χ1) is 14.5. The Morgan fingerprint density at radius 1 is 1.10 bits per heavy atom. The number of amides is 1. The fraction of sp³-hybridized carbons (Fsp3) is 0.409. The molecule has 0 atom stereocenters. The van der Waals surface area contributed by atoms with Crippen molar-refractivity contribution in [1.82, 2.24) is 10.2 Å². The third-order valence-corrected chi connectivity index (χ3v) is 5.35. The van der Waals surface area contributed by atoms with Crippen molar-refractivity contribution in [3.05, 3.63) is 64.2 Å². The van der Waals surface area contributed by atoms with E-state index in [1.807, 2.05) is 6.07 Å². The van der Waals surface area contributed by atoms with Gasteiger partial charge in [0.25, 0.3) is 11.6 Å². The Morgan fingerprint density at radius 2 is 1.80 bits per heavy atom. The summed E-state index contributed by atoms with van der Waals surface area (Å²) in [6.45, 7) is 5.46. The maximum Gasteiger partial charge on any atom is 0.293 e. The van der Waals surface area contributed by atoms with Gasteiger partial charge in [-0.3, -0.25) is 19.8 Å². The summed E-state index contributed by atoms with van der Waals surface area (Å²) in [5.74, 6) is -0.280. The summed E-state index contributed by atoms with van der Waals surface area (Å²) < 4.78 is 0. The summed E-state index contributed by atoms with van der Waals surface area (Å²) >= 11 is 0. The molecule has 1 saturated heterocycles. The van der Waals surface area contributed by atoms with Crippen molar-refractivity contribution in [3.8, 4) is 0 Å². The molecular formula is C22H29N5O3. The Hall–Kier alpha value is -3.13. The van der Waals surface area contributed by atoms with Crippen LogP contribution < -0.4 is 15.1 Å². The first-order valence-electron chi connectivity index (χ1n) is 10.2. The molecule has 160 valence electrons. The van der Waals surface area contributed by atoms with Gasteiger partial charge in [-0.25, -0.2) is 0 Å². The van der Waals surface area contributed by atoms with Gasteiger partial charge in [-0.1, -0.05) is 18.2 Å². The van der Waals surface area contributed by atoms with E-state index in [2.05, 4.69) is 39.4 Å². The van der Waals surface area contributed by atoms with E-state index < -0.39 is 4.92 Å². The van der Waals surface area contributed by atoms with E-state index in [0.29, 0.717) is 17.8 Å². The normalized spacial score (nSPS) is 14.4. The number of rotatable bonds is 8. The van der Waals surface area contributed by atoms with Crippen molar-refractivity contribution in [1.29, 1.82) is 0 Å². The molecular weight excluding hydrogens is 382 g/mol. The van der Waals surface area contributed by atoms with Gasteiger partial charge in [0, 0.05) is 64.1 Å². The molecule has 8 nitrogen and oxygen atoms in total. The highest BCUT2D eigenvalue weighted by Gasteiger charge is 2.19. The summed E-state index contributed by atoms with van der Waals surface area (Å²) in [6, 6.07) is 15.0. The van der Waals surface area contributed by atoms with Crippen LogP contribution >= 0.6 is 0 Å². The van der Waals surface area contributed by atoms with Gasteiger partial charge >= 0.3 is 0 Å². The van der Waals surface area contributed by atoms with E-state index in [0.717, 1.165) is 39.1 Å². The van der Waals surface area contributed by atoms with Gasteiger partial charge in [0.15, 0.2) is 0 Å². The Morgan fingerprint density at radius 3 is 2.43 bits per heavy atom. The fourth-order valence-electron chi connectivity index (χ4n) is 3.66. The molecule has 1 fully saturated rings. The first kappa shape index (κ1) is 21.6. The van der Waals surface area contributed by atoms with Crippen molar-refractivity contribution in [2.75, 3.05) is 63.2 Å². The van der Waals surface area contributed by atoms with Crippen LogP contribution in [0.3, 0.4) is 0 Å². The summed E-state index contributed by atoms with van der Waals surface area (Å²) in [7, 11) is 3.48. The topological polar surface area (TPSA) is 82.0 Å². The molecule has 1 N–H and O–H groups in total. The lowest BCUT2D eigenvalue weighted by Crippen LogP contribution is -2.47. The number of hydrogen-bond acceptors (Lipinski definition) is 6. The molecule has 0 aliphatic carbocycles. The molecule has 1 amide bonds. The zero-order chi connectivity index (χ0) is 21.5. The molecule has 2 aromatic carbocycles. The second-order valence-corrected chi connectivity index (χ2v) is 7.63. The second-order valence-electron chi connectivity index (χ2n) is 7.63. The van der Waals surface area contributed by atoms with Crippen LogP contribution in [0, 0.1) is 10.1 Å². The van der Waals surface area contributed by atoms with Crippen molar-refractivity contribution in [3.63, 3.8) is 0 Å². The number of carbonyl (C=O) groups excluding carboxylic acids is 1. The minimum atomic E-state index is -0.457. The van der Waals surface area contributed by atoms with Crippen molar-refractivity contribution >= 4 is 23.0 Å². The van der Waals surface area contributed by atoms with E-state index in [4.69, 9.17) is 0 Å². The van der Waals surface area contributed by atoms with Gasteiger partial charge in [-0.2, -0.15) is 0 Å². The Balaban J connectivity index is 1.42. The lowest BCUT2D eigenvalue weighted by molar-refractivity contribution is -0.384. The molecule has 2 aromatic rings. The quantitative estimate of drug-likeness (QED) is 0.409. The van der Waals surface area contributed by atoms with Gasteiger partial charge in [0.2, 0.25) is 0 Å². The summed E-state index contributed by atoms with van der Waals surface area (Å²) in [5, 5.41) is 14.2. The predicted molar refractivity (Wildman–Crippen MR) is 119 cm³/mol. The maximum atomic E-state index is 12.4. The van der Waals surface area contributed by atoms with Crippen molar-refractivity contribution in [2.45, 2.75) is 6.42 Å². The average molecular weight is 412 g/mol. The number of benzene rings is 2. The zero-order valence-corrected chi connectivity index (χ0v) is 17.6. The molecule has 0 bridgehead atoms. The van der Waals surface area contributed by atoms with Crippen LogP contribution in [0.25, 0.3) is 0 Å². The molecule has 1 heterocycles. The number of hydrogen-bond donors (Lipinski definition) is 1. The highest BCUT2D eigenvalue weighted by atomic mass is 16.6. The third-order valence-electron chi connectivity index (χ3n) is 5.35. The van der Waals surface area contributed by atoms with Gasteiger partial charge in [0.1, 0.15) is 5.69 Å². The Labute approximate surface area is 177 Å². The highest BCUT2D eigenvalue weighted by Crippen LogP contribution is 2.27. The molecule has 0 spiro atoms. The lowest BCUT2D eigenvalue weighted by Gasteiger charge is -2.36. The number of nitrogens with one attached hydrogen (secondary N) is 1. The largest absolute Gasteiger partial charge is 0.372 e. The third kappa shape index (κ3) is 5.48. The minimum absolute atomic E-state index is 0.0658. The van der Waals surface area contributed by atoms with Crippen molar-refractivity contribution in [2.24, 2.45) is 0 Å². The summed E-state index contributed by atoms with van der Waals surface area (Å²) in [4.78, 5) is 29.7. The second kappa shape index (κ2) is 10.1.